The second-order valence-corrected chi connectivity index (χ2v) is 4.82. The van der Waals surface area contributed by atoms with Crippen molar-refractivity contribution in [3.8, 4) is 0 Å². The molecule has 1 aliphatic heterocycles. The summed E-state index contributed by atoms with van der Waals surface area (Å²) in [6, 6.07) is 9.31. The molecule has 2 nitrogen and oxygen atoms in total. The van der Waals surface area contributed by atoms with Crippen molar-refractivity contribution in [3.05, 3.63) is 29.8 Å². The third-order valence-electron chi connectivity index (χ3n) is 3.53. The number of hydrogen-bond acceptors (Lipinski definition) is 2. The Morgan fingerprint density at radius 1 is 1.35 bits per heavy atom. The molecule has 2 heteroatoms. The standard InChI is InChI=1S/C15H23NO/c1-3-12-6-5-7-13(10-12)16-14-8-9-17-15(4-2)11-14/h5-7,10,14-16H,3-4,8-9,11H2,1-2H3. The van der Waals surface area contributed by atoms with Crippen molar-refractivity contribution < 1.29 is 4.74 Å². The van der Waals surface area contributed by atoms with Gasteiger partial charge in [-0.2, -0.15) is 0 Å². The summed E-state index contributed by atoms with van der Waals surface area (Å²) in [7, 11) is 0. The Labute approximate surface area is 104 Å². The Balaban J connectivity index is 1.95. The molecule has 1 heterocycles. The summed E-state index contributed by atoms with van der Waals surface area (Å²) in [6.07, 6.45) is 4.91. The van der Waals surface area contributed by atoms with E-state index in [1.54, 1.807) is 0 Å². The number of hydrogen-bond donors (Lipinski definition) is 1. The fourth-order valence-corrected chi connectivity index (χ4v) is 2.41. The Morgan fingerprint density at radius 3 is 3.00 bits per heavy atom. The van der Waals surface area contributed by atoms with Gasteiger partial charge in [-0.25, -0.2) is 0 Å². The van der Waals surface area contributed by atoms with Crippen LogP contribution in [0.4, 0.5) is 5.69 Å². The highest BCUT2D eigenvalue weighted by atomic mass is 16.5. The first-order valence-corrected chi connectivity index (χ1v) is 6.79. The highest BCUT2D eigenvalue weighted by Gasteiger charge is 2.20. The van der Waals surface area contributed by atoms with E-state index in [0.717, 1.165) is 32.3 Å². The minimum atomic E-state index is 0.440. The first-order valence-electron chi connectivity index (χ1n) is 6.79. The average Bonchev–Trinajstić information content (AvgIpc) is 2.39. The van der Waals surface area contributed by atoms with Crippen LogP contribution >= 0.6 is 0 Å². The molecule has 0 saturated carbocycles. The summed E-state index contributed by atoms with van der Waals surface area (Å²) in [5.74, 6) is 0. The fourth-order valence-electron chi connectivity index (χ4n) is 2.41. The van der Waals surface area contributed by atoms with Gasteiger partial charge in [0.25, 0.3) is 0 Å². The highest BCUT2D eigenvalue weighted by Crippen LogP contribution is 2.21. The van der Waals surface area contributed by atoms with Crippen LogP contribution in [0.1, 0.15) is 38.7 Å². The molecule has 0 radical (unpaired) electrons. The summed E-state index contributed by atoms with van der Waals surface area (Å²) in [5, 5.41) is 3.64. The van der Waals surface area contributed by atoms with Gasteiger partial charge >= 0.3 is 0 Å². The van der Waals surface area contributed by atoms with Crippen LogP contribution in [-0.2, 0) is 11.2 Å². The largest absolute Gasteiger partial charge is 0.382 e. The van der Waals surface area contributed by atoms with Crippen LogP contribution in [0.5, 0.6) is 0 Å². The average molecular weight is 233 g/mol. The molecule has 1 aromatic carbocycles. The zero-order chi connectivity index (χ0) is 12.1. The van der Waals surface area contributed by atoms with E-state index in [2.05, 4.69) is 43.4 Å². The summed E-state index contributed by atoms with van der Waals surface area (Å²) < 4.78 is 5.70. The lowest BCUT2D eigenvalue weighted by Crippen LogP contribution is -2.33. The molecule has 2 atom stereocenters. The third kappa shape index (κ3) is 3.47. The van der Waals surface area contributed by atoms with Gasteiger partial charge in [-0.05, 0) is 43.4 Å². The predicted molar refractivity (Wildman–Crippen MR) is 72.5 cm³/mol. The summed E-state index contributed by atoms with van der Waals surface area (Å²) in [4.78, 5) is 0. The zero-order valence-electron chi connectivity index (χ0n) is 10.9. The molecule has 1 aliphatic rings. The van der Waals surface area contributed by atoms with Gasteiger partial charge in [0.15, 0.2) is 0 Å². The van der Waals surface area contributed by atoms with E-state index in [-0.39, 0.29) is 0 Å². The van der Waals surface area contributed by atoms with Crippen LogP contribution in [0.2, 0.25) is 0 Å². The minimum absolute atomic E-state index is 0.440. The highest BCUT2D eigenvalue weighted by molar-refractivity contribution is 5.46. The van der Waals surface area contributed by atoms with Crippen molar-refractivity contribution >= 4 is 5.69 Å². The number of anilines is 1. The van der Waals surface area contributed by atoms with Crippen molar-refractivity contribution in [1.29, 1.82) is 0 Å². The van der Waals surface area contributed by atoms with Crippen LogP contribution in [0.3, 0.4) is 0 Å². The maximum absolute atomic E-state index is 5.70. The lowest BCUT2D eigenvalue weighted by molar-refractivity contribution is 0.00926. The van der Waals surface area contributed by atoms with E-state index in [4.69, 9.17) is 4.74 Å². The molecule has 0 amide bonds. The van der Waals surface area contributed by atoms with Crippen LogP contribution in [0.25, 0.3) is 0 Å². The number of aryl methyl sites for hydroxylation is 1. The molecule has 0 spiro atoms. The molecule has 94 valence electrons. The quantitative estimate of drug-likeness (QED) is 0.857. The van der Waals surface area contributed by atoms with Crippen LogP contribution in [0, 0.1) is 0 Å². The van der Waals surface area contributed by atoms with Gasteiger partial charge in [-0.1, -0.05) is 26.0 Å². The monoisotopic (exact) mass is 233 g/mol. The maximum atomic E-state index is 5.70. The van der Waals surface area contributed by atoms with Crippen LogP contribution in [-0.4, -0.2) is 18.8 Å². The Morgan fingerprint density at radius 2 is 2.24 bits per heavy atom. The van der Waals surface area contributed by atoms with Gasteiger partial charge in [0.1, 0.15) is 0 Å². The molecule has 1 N–H and O–H groups in total. The topological polar surface area (TPSA) is 21.3 Å². The van der Waals surface area contributed by atoms with Gasteiger partial charge in [0.2, 0.25) is 0 Å². The molecule has 0 bridgehead atoms. The maximum Gasteiger partial charge on any atom is 0.0592 e. The SMILES string of the molecule is CCc1cccc(NC2CCOC(CC)C2)c1. The number of benzene rings is 1. The minimum Gasteiger partial charge on any atom is -0.382 e. The number of rotatable bonds is 4. The van der Waals surface area contributed by atoms with Crippen molar-refractivity contribution in [2.75, 3.05) is 11.9 Å². The zero-order valence-corrected chi connectivity index (χ0v) is 10.9. The van der Waals surface area contributed by atoms with Crippen LogP contribution in [0.15, 0.2) is 24.3 Å². The van der Waals surface area contributed by atoms with E-state index in [1.165, 1.54) is 11.3 Å². The molecule has 0 aromatic heterocycles. The fraction of sp³-hybridized carbons (Fsp3) is 0.600. The van der Waals surface area contributed by atoms with Gasteiger partial charge in [0, 0.05) is 18.3 Å². The summed E-state index contributed by atoms with van der Waals surface area (Å²) in [6.45, 7) is 5.29. The van der Waals surface area contributed by atoms with E-state index in [0.29, 0.717) is 12.1 Å². The summed E-state index contributed by atoms with van der Waals surface area (Å²) >= 11 is 0. The van der Waals surface area contributed by atoms with Crippen molar-refractivity contribution in [3.63, 3.8) is 0 Å². The third-order valence-corrected chi connectivity index (χ3v) is 3.53. The molecule has 1 aromatic rings. The number of nitrogens with one attached hydrogen (secondary N) is 1. The van der Waals surface area contributed by atoms with E-state index < -0.39 is 0 Å². The van der Waals surface area contributed by atoms with Gasteiger partial charge in [0.05, 0.1) is 6.10 Å². The summed E-state index contributed by atoms with van der Waals surface area (Å²) in [5.41, 5.74) is 2.65. The molecular weight excluding hydrogens is 210 g/mol. The molecule has 2 rings (SSSR count). The van der Waals surface area contributed by atoms with Gasteiger partial charge < -0.3 is 10.1 Å². The Hall–Kier alpha value is -1.02. The predicted octanol–water partition coefficient (Wildman–Crippen LogP) is 3.62. The molecule has 0 aliphatic carbocycles. The Kier molecular flexibility index (Phi) is 4.43. The number of ether oxygens (including phenoxy) is 1. The van der Waals surface area contributed by atoms with Crippen molar-refractivity contribution in [2.45, 2.75) is 51.7 Å². The van der Waals surface area contributed by atoms with Crippen molar-refractivity contribution in [2.24, 2.45) is 0 Å². The molecule has 1 saturated heterocycles. The molecule has 2 unspecified atom stereocenters. The second-order valence-electron chi connectivity index (χ2n) is 4.82. The molecule has 1 fully saturated rings. The lowest BCUT2D eigenvalue weighted by atomic mass is 10.0. The first-order chi connectivity index (χ1) is 8.31. The van der Waals surface area contributed by atoms with E-state index in [1.807, 2.05) is 0 Å². The van der Waals surface area contributed by atoms with Crippen molar-refractivity contribution in [1.82, 2.24) is 0 Å². The first kappa shape index (κ1) is 12.4. The Bertz CT molecular complexity index is 351. The normalized spacial score (nSPS) is 24.6. The van der Waals surface area contributed by atoms with E-state index in [9.17, 15) is 0 Å². The van der Waals surface area contributed by atoms with Gasteiger partial charge in [-0.15, -0.1) is 0 Å². The van der Waals surface area contributed by atoms with Gasteiger partial charge in [-0.3, -0.25) is 0 Å². The smallest absolute Gasteiger partial charge is 0.0592 e. The second kappa shape index (κ2) is 6.06. The van der Waals surface area contributed by atoms with E-state index >= 15 is 0 Å². The molecular formula is C15H23NO. The lowest BCUT2D eigenvalue weighted by Gasteiger charge is -2.30. The molecule has 17 heavy (non-hydrogen) atoms. The van der Waals surface area contributed by atoms with Crippen LogP contribution < -0.4 is 5.32 Å².